The molecule has 0 unspecified atom stereocenters. The molecule has 0 aliphatic carbocycles. The van der Waals surface area contributed by atoms with Crippen LogP contribution in [0.3, 0.4) is 0 Å². The Balaban J connectivity index is 1.47. The first kappa shape index (κ1) is 16.9. The van der Waals surface area contributed by atoms with Crippen molar-refractivity contribution in [2.45, 2.75) is 0 Å². The second-order valence-electron chi connectivity index (χ2n) is 5.65. The van der Waals surface area contributed by atoms with E-state index in [2.05, 4.69) is 15.4 Å². The minimum Gasteiger partial charge on any atom is -0.484 e. The van der Waals surface area contributed by atoms with E-state index in [-0.39, 0.29) is 18.1 Å². The number of nitrogens with one attached hydrogen (secondary N) is 1. The lowest BCUT2D eigenvalue weighted by Crippen LogP contribution is -2.23. The number of amides is 1. The molecule has 0 atom stereocenters. The van der Waals surface area contributed by atoms with Gasteiger partial charge in [-0.05, 0) is 35.9 Å². The number of ether oxygens (including phenoxy) is 1. The van der Waals surface area contributed by atoms with Gasteiger partial charge in [0, 0.05) is 5.69 Å². The number of aromatic nitrogens is 3. The number of nitrogens with zero attached hydrogens (tertiary/aromatic N) is 3. The summed E-state index contributed by atoms with van der Waals surface area (Å²) < 4.78 is 7.36. The van der Waals surface area contributed by atoms with Crippen molar-refractivity contribution >= 4 is 34.0 Å². The van der Waals surface area contributed by atoms with Gasteiger partial charge < -0.3 is 10.1 Å². The van der Waals surface area contributed by atoms with Crippen molar-refractivity contribution in [2.24, 2.45) is 0 Å². The van der Waals surface area contributed by atoms with Crippen LogP contribution in [-0.4, -0.2) is 27.1 Å². The fraction of sp³-hybridized carbons (Fsp3) is 0.0526. The van der Waals surface area contributed by atoms with E-state index >= 15 is 0 Å². The fourth-order valence-corrected chi connectivity index (χ4v) is 3.37. The SMILES string of the molecule is O=C(COc1cccc(/C=c2\sc3ncnn3c2=O)c1)Nc1ccccc1. The largest absolute Gasteiger partial charge is 0.484 e. The van der Waals surface area contributed by atoms with Crippen molar-refractivity contribution in [2.75, 3.05) is 11.9 Å². The number of thiazole rings is 1. The van der Waals surface area contributed by atoms with Crippen molar-refractivity contribution in [3.05, 3.63) is 81.4 Å². The summed E-state index contributed by atoms with van der Waals surface area (Å²) in [7, 11) is 0. The summed E-state index contributed by atoms with van der Waals surface area (Å²) in [5, 5.41) is 6.65. The number of carbonyl (C=O) groups excluding carboxylic acids is 1. The third-order valence-corrected chi connectivity index (χ3v) is 4.68. The van der Waals surface area contributed by atoms with E-state index in [1.807, 2.05) is 24.3 Å². The van der Waals surface area contributed by atoms with Crippen molar-refractivity contribution in [1.29, 1.82) is 0 Å². The van der Waals surface area contributed by atoms with Crippen LogP contribution in [-0.2, 0) is 4.79 Å². The Labute approximate surface area is 157 Å². The quantitative estimate of drug-likeness (QED) is 0.572. The van der Waals surface area contributed by atoms with Crippen LogP contribution in [0.25, 0.3) is 11.0 Å². The summed E-state index contributed by atoms with van der Waals surface area (Å²) in [6.07, 6.45) is 3.10. The molecule has 2 aromatic heterocycles. The van der Waals surface area contributed by atoms with Gasteiger partial charge in [-0.2, -0.15) is 9.61 Å². The lowest BCUT2D eigenvalue weighted by atomic mass is 10.2. The Hall–Kier alpha value is -3.52. The van der Waals surface area contributed by atoms with Gasteiger partial charge in [0.2, 0.25) is 4.96 Å². The first-order valence-electron chi connectivity index (χ1n) is 8.11. The first-order valence-corrected chi connectivity index (χ1v) is 8.93. The molecule has 4 rings (SSSR count). The van der Waals surface area contributed by atoms with Crippen LogP contribution in [0.5, 0.6) is 5.75 Å². The van der Waals surface area contributed by atoms with Gasteiger partial charge in [0.05, 0.1) is 4.53 Å². The number of benzene rings is 2. The van der Waals surface area contributed by atoms with Crippen molar-refractivity contribution in [3.8, 4) is 5.75 Å². The van der Waals surface area contributed by atoms with Crippen LogP contribution in [0.15, 0.2) is 65.7 Å². The Morgan fingerprint density at radius 2 is 2.04 bits per heavy atom. The number of anilines is 1. The Bertz CT molecular complexity index is 1200. The van der Waals surface area contributed by atoms with Gasteiger partial charge >= 0.3 is 0 Å². The predicted octanol–water partition coefficient (Wildman–Crippen LogP) is 1.72. The van der Waals surface area contributed by atoms with Crippen LogP contribution in [0.2, 0.25) is 0 Å². The van der Waals surface area contributed by atoms with Gasteiger partial charge in [-0.25, -0.2) is 4.98 Å². The third kappa shape index (κ3) is 3.85. The fourth-order valence-electron chi connectivity index (χ4n) is 2.49. The van der Waals surface area contributed by atoms with Gasteiger partial charge in [-0.1, -0.05) is 41.7 Å². The maximum absolute atomic E-state index is 12.2. The molecule has 0 fully saturated rings. The molecule has 0 radical (unpaired) electrons. The Morgan fingerprint density at radius 3 is 2.85 bits per heavy atom. The van der Waals surface area contributed by atoms with Crippen molar-refractivity contribution in [1.82, 2.24) is 14.6 Å². The second-order valence-corrected chi connectivity index (χ2v) is 6.65. The van der Waals surface area contributed by atoms with Gasteiger partial charge in [0.1, 0.15) is 12.1 Å². The predicted molar refractivity (Wildman–Crippen MR) is 103 cm³/mol. The number of hydrogen-bond donors (Lipinski definition) is 1. The molecule has 134 valence electrons. The molecule has 0 spiro atoms. The molecule has 0 saturated heterocycles. The van der Waals surface area contributed by atoms with Gasteiger partial charge in [-0.15, -0.1) is 0 Å². The number of rotatable bonds is 5. The van der Waals surface area contributed by atoms with E-state index in [1.54, 1.807) is 36.4 Å². The number of hydrogen-bond acceptors (Lipinski definition) is 6. The lowest BCUT2D eigenvalue weighted by Gasteiger charge is -2.08. The maximum Gasteiger partial charge on any atom is 0.291 e. The van der Waals surface area contributed by atoms with E-state index in [0.29, 0.717) is 20.9 Å². The second kappa shape index (κ2) is 7.38. The maximum atomic E-state index is 12.2. The highest BCUT2D eigenvalue weighted by molar-refractivity contribution is 7.15. The molecule has 7 nitrogen and oxygen atoms in total. The molecular weight excluding hydrogens is 364 g/mol. The molecule has 1 amide bonds. The van der Waals surface area contributed by atoms with Crippen molar-refractivity contribution in [3.63, 3.8) is 0 Å². The average molecular weight is 378 g/mol. The first-order chi connectivity index (χ1) is 13.2. The van der Waals surface area contributed by atoms with Crippen molar-refractivity contribution < 1.29 is 9.53 Å². The smallest absolute Gasteiger partial charge is 0.291 e. The molecule has 27 heavy (non-hydrogen) atoms. The third-order valence-electron chi connectivity index (χ3n) is 3.70. The van der Waals surface area contributed by atoms with Gasteiger partial charge in [-0.3, -0.25) is 9.59 Å². The summed E-state index contributed by atoms with van der Waals surface area (Å²) >= 11 is 1.27. The molecule has 8 heteroatoms. The number of para-hydroxylation sites is 1. The Morgan fingerprint density at radius 1 is 1.19 bits per heavy atom. The topological polar surface area (TPSA) is 85.6 Å². The molecule has 2 heterocycles. The van der Waals surface area contributed by atoms with Gasteiger partial charge in [0.15, 0.2) is 6.61 Å². The normalized spacial score (nSPS) is 11.6. The van der Waals surface area contributed by atoms with Crippen LogP contribution in [0.4, 0.5) is 5.69 Å². The average Bonchev–Trinajstić information content (AvgIpc) is 3.25. The molecule has 0 saturated carbocycles. The Kier molecular flexibility index (Phi) is 4.63. The van der Waals surface area contributed by atoms with Crippen LogP contribution in [0, 0.1) is 0 Å². The molecule has 4 aromatic rings. The minimum absolute atomic E-state index is 0.109. The van der Waals surface area contributed by atoms with E-state index in [1.165, 1.54) is 22.2 Å². The highest BCUT2D eigenvalue weighted by Crippen LogP contribution is 2.14. The highest BCUT2D eigenvalue weighted by Gasteiger charge is 2.06. The standard InChI is InChI=1S/C19H14N4O3S/c24-17(22-14-6-2-1-3-7-14)11-26-15-8-4-5-13(9-15)10-16-18(25)23-19(27-16)20-12-21-23/h1-10,12H,11H2,(H,22,24)/b16-10-. The molecule has 0 aliphatic rings. The molecule has 2 aromatic carbocycles. The zero-order chi connectivity index (χ0) is 18.6. The zero-order valence-electron chi connectivity index (χ0n) is 14.0. The van der Waals surface area contributed by atoms with Crippen LogP contribution < -0.4 is 20.1 Å². The number of carbonyl (C=O) groups is 1. The zero-order valence-corrected chi connectivity index (χ0v) is 14.8. The summed E-state index contributed by atoms with van der Waals surface area (Å²) in [5.41, 5.74) is 1.30. The van der Waals surface area contributed by atoms with E-state index in [9.17, 15) is 9.59 Å². The molecule has 0 bridgehead atoms. The molecular formula is C19H14N4O3S. The van der Waals surface area contributed by atoms with Crippen LogP contribution >= 0.6 is 11.3 Å². The highest BCUT2D eigenvalue weighted by atomic mass is 32.1. The summed E-state index contributed by atoms with van der Waals surface area (Å²) in [6.45, 7) is -0.109. The van der Waals surface area contributed by atoms with E-state index in [4.69, 9.17) is 4.74 Å². The summed E-state index contributed by atoms with van der Waals surface area (Å²) in [4.78, 5) is 28.8. The summed E-state index contributed by atoms with van der Waals surface area (Å²) in [5.74, 6) is 0.293. The number of fused-ring (bicyclic) bond motifs is 1. The van der Waals surface area contributed by atoms with Crippen LogP contribution in [0.1, 0.15) is 5.56 Å². The summed E-state index contributed by atoms with van der Waals surface area (Å²) in [6, 6.07) is 16.4. The molecule has 0 aliphatic heterocycles. The van der Waals surface area contributed by atoms with Gasteiger partial charge in [0.25, 0.3) is 11.5 Å². The van der Waals surface area contributed by atoms with E-state index < -0.39 is 0 Å². The monoisotopic (exact) mass is 378 g/mol. The lowest BCUT2D eigenvalue weighted by molar-refractivity contribution is -0.118. The minimum atomic E-state index is -0.247. The van der Waals surface area contributed by atoms with E-state index in [0.717, 1.165) is 5.56 Å². The molecule has 1 N–H and O–H groups in total.